The zero-order valence-corrected chi connectivity index (χ0v) is 28.3. The summed E-state index contributed by atoms with van der Waals surface area (Å²) in [5, 5.41) is 14.0. The summed E-state index contributed by atoms with van der Waals surface area (Å²) in [6.45, 7) is 10.4. The van der Waals surface area contributed by atoms with Gasteiger partial charge in [-0.1, -0.05) is 63.4 Å². The number of Topliss-reactive ketones (excluding diaryl/α,β-unsaturated/α-hetero) is 1. The Bertz CT molecular complexity index is 1440. The highest BCUT2D eigenvalue weighted by molar-refractivity contribution is 6.47. The number of phenols is 1. The molecule has 4 aliphatic carbocycles. The van der Waals surface area contributed by atoms with E-state index in [9.17, 15) is 14.7 Å². The topological polar surface area (TPSA) is 97.3 Å². The van der Waals surface area contributed by atoms with Gasteiger partial charge in [0.05, 0.1) is 30.9 Å². The molecule has 47 heavy (non-hydrogen) atoms. The van der Waals surface area contributed by atoms with Crippen LogP contribution < -0.4 is 5.32 Å². The SMILES string of the molecule is CC1(C)[C@@H]2C[C@H]3OB([C@H](CC4CCC4)NC(=O)[C@@H](CC(=O)c4ccc(O)c(CN5CCOCC5)c4)Cc4ccccc4)O[C@@]3(C)[C@H]1C2. The quantitative estimate of drug-likeness (QED) is 0.230. The van der Waals surface area contributed by atoms with E-state index in [1.807, 2.05) is 30.3 Å². The molecule has 6 fully saturated rings. The number of ether oxygens (including phenoxy) is 1. The van der Waals surface area contributed by atoms with Crippen molar-refractivity contribution in [2.75, 3.05) is 26.3 Å². The van der Waals surface area contributed by atoms with Crippen molar-refractivity contribution in [3.05, 3.63) is 65.2 Å². The zero-order chi connectivity index (χ0) is 32.8. The third-order valence-corrected chi connectivity index (χ3v) is 12.5. The van der Waals surface area contributed by atoms with Crippen LogP contribution in [0.4, 0.5) is 0 Å². The van der Waals surface area contributed by atoms with Crippen molar-refractivity contribution in [3.63, 3.8) is 0 Å². The minimum Gasteiger partial charge on any atom is -0.508 e. The van der Waals surface area contributed by atoms with Crippen molar-refractivity contribution in [1.82, 2.24) is 10.2 Å². The van der Waals surface area contributed by atoms with E-state index in [2.05, 4.69) is 31.0 Å². The molecule has 2 aromatic carbocycles. The van der Waals surface area contributed by atoms with Crippen LogP contribution in [-0.2, 0) is 31.8 Å². The van der Waals surface area contributed by atoms with Gasteiger partial charge >= 0.3 is 7.12 Å². The van der Waals surface area contributed by atoms with Crippen molar-refractivity contribution in [1.29, 1.82) is 0 Å². The van der Waals surface area contributed by atoms with Gasteiger partial charge in [-0.15, -0.1) is 0 Å². The molecule has 2 heterocycles. The van der Waals surface area contributed by atoms with Crippen LogP contribution >= 0.6 is 0 Å². The smallest absolute Gasteiger partial charge is 0.481 e. The van der Waals surface area contributed by atoms with Gasteiger partial charge in [0.2, 0.25) is 5.91 Å². The van der Waals surface area contributed by atoms with Gasteiger partial charge in [-0.3, -0.25) is 14.5 Å². The minimum atomic E-state index is -0.559. The number of benzene rings is 2. The van der Waals surface area contributed by atoms with Crippen molar-refractivity contribution < 1.29 is 28.7 Å². The normalized spacial score (nSPS) is 29.7. The molecule has 1 amide bonds. The van der Waals surface area contributed by atoms with E-state index in [-0.39, 0.29) is 46.9 Å². The fraction of sp³-hybridized carbons (Fsp3) is 0.632. The molecule has 2 saturated heterocycles. The van der Waals surface area contributed by atoms with Crippen LogP contribution in [0.2, 0.25) is 0 Å². The largest absolute Gasteiger partial charge is 0.508 e. The first-order valence-corrected chi connectivity index (χ1v) is 17.9. The van der Waals surface area contributed by atoms with Gasteiger partial charge in [0.15, 0.2) is 5.78 Å². The minimum absolute atomic E-state index is 0.0490. The van der Waals surface area contributed by atoms with E-state index in [1.165, 1.54) is 12.8 Å². The Morgan fingerprint density at radius 1 is 1.06 bits per heavy atom. The molecule has 252 valence electrons. The summed E-state index contributed by atoms with van der Waals surface area (Å²) in [4.78, 5) is 30.4. The highest BCUT2D eigenvalue weighted by Gasteiger charge is 2.68. The molecule has 0 radical (unpaired) electrons. The number of rotatable bonds is 12. The van der Waals surface area contributed by atoms with Crippen molar-refractivity contribution in [3.8, 4) is 5.75 Å². The van der Waals surface area contributed by atoms with Crippen LogP contribution in [0.25, 0.3) is 0 Å². The standard InChI is InChI=1S/C38H51BN2O6/c1-37(2)30-22-33(37)38(3)34(23-30)46-39(47-38)35(19-26-10-7-11-26)40-36(44)28(18-25-8-5-4-6-9-25)21-32(43)27-12-13-31(42)29(20-27)24-41-14-16-45-17-15-41/h4-6,8-9,12-13,20,26,28,30,33-35,42H,7,10-11,14-19,21-24H2,1-3H3,(H,40,44)/t28-,30+,33+,34-,35+,38+/m1/s1. The molecular formula is C38H51BN2O6. The molecular weight excluding hydrogens is 591 g/mol. The first-order valence-electron chi connectivity index (χ1n) is 17.9. The van der Waals surface area contributed by atoms with Crippen molar-refractivity contribution in [2.45, 2.75) is 96.3 Å². The summed E-state index contributed by atoms with van der Waals surface area (Å²) in [6.07, 6.45) is 7.14. The highest BCUT2D eigenvalue weighted by atomic mass is 16.7. The van der Waals surface area contributed by atoms with Crippen LogP contribution in [-0.4, -0.2) is 72.8 Å². The molecule has 2 aliphatic heterocycles. The third-order valence-electron chi connectivity index (χ3n) is 12.5. The molecule has 6 aliphatic rings. The number of carbonyl (C=O) groups is 2. The monoisotopic (exact) mass is 642 g/mol. The Morgan fingerprint density at radius 3 is 2.53 bits per heavy atom. The van der Waals surface area contributed by atoms with Crippen LogP contribution in [0.1, 0.15) is 87.2 Å². The number of hydrogen-bond donors (Lipinski definition) is 2. The molecule has 6 atom stereocenters. The van der Waals surface area contributed by atoms with Crippen LogP contribution in [0, 0.1) is 29.1 Å². The number of morpholine rings is 1. The number of aromatic hydroxyl groups is 1. The fourth-order valence-electron chi connectivity index (χ4n) is 9.08. The average Bonchev–Trinajstić information content (AvgIpc) is 3.41. The van der Waals surface area contributed by atoms with Crippen LogP contribution in [0.3, 0.4) is 0 Å². The Kier molecular flexibility index (Phi) is 9.29. The van der Waals surface area contributed by atoms with Crippen molar-refractivity contribution in [2.24, 2.45) is 29.1 Å². The maximum atomic E-state index is 14.3. The van der Waals surface area contributed by atoms with Crippen LogP contribution in [0.15, 0.2) is 48.5 Å². The lowest BCUT2D eigenvalue weighted by Crippen LogP contribution is -2.65. The average molecular weight is 643 g/mol. The lowest BCUT2D eigenvalue weighted by molar-refractivity contribution is -0.199. The first-order chi connectivity index (χ1) is 22.6. The molecule has 8 rings (SSSR count). The number of hydrogen-bond acceptors (Lipinski definition) is 7. The van der Waals surface area contributed by atoms with E-state index < -0.39 is 13.0 Å². The van der Waals surface area contributed by atoms with Gasteiger partial charge in [0, 0.05) is 43.1 Å². The fourth-order valence-corrected chi connectivity index (χ4v) is 9.08. The maximum Gasteiger partial charge on any atom is 0.481 e. The lowest BCUT2D eigenvalue weighted by atomic mass is 9.43. The first kappa shape index (κ1) is 32.8. The van der Waals surface area contributed by atoms with E-state index >= 15 is 0 Å². The molecule has 0 aromatic heterocycles. The number of amides is 1. The summed E-state index contributed by atoms with van der Waals surface area (Å²) >= 11 is 0. The van der Waals surface area contributed by atoms with Gasteiger partial charge in [-0.25, -0.2) is 0 Å². The molecule has 2 aromatic rings. The van der Waals surface area contributed by atoms with E-state index in [4.69, 9.17) is 14.0 Å². The summed E-state index contributed by atoms with van der Waals surface area (Å²) in [5.41, 5.74) is 2.15. The molecule has 2 bridgehead atoms. The van der Waals surface area contributed by atoms with Gasteiger partial charge in [0.25, 0.3) is 0 Å². The molecule has 0 unspecified atom stereocenters. The molecule has 0 spiro atoms. The summed E-state index contributed by atoms with van der Waals surface area (Å²) < 4.78 is 19.0. The Hall–Kier alpha value is -2.72. The van der Waals surface area contributed by atoms with E-state index in [0.717, 1.165) is 44.3 Å². The number of carbonyl (C=O) groups excluding carboxylic acids is 2. The third kappa shape index (κ3) is 6.66. The number of phenolic OH excluding ortho intramolecular Hbond substituents is 1. The summed E-state index contributed by atoms with van der Waals surface area (Å²) in [6, 6.07) is 15.0. The second-order valence-electron chi connectivity index (χ2n) is 15.7. The molecule has 8 nitrogen and oxygen atoms in total. The number of ketones is 1. The zero-order valence-electron chi connectivity index (χ0n) is 28.3. The second kappa shape index (κ2) is 13.3. The highest BCUT2D eigenvalue weighted by Crippen LogP contribution is 2.65. The molecule has 4 saturated carbocycles. The van der Waals surface area contributed by atoms with E-state index in [0.29, 0.717) is 55.1 Å². The Balaban J connectivity index is 1.09. The maximum absolute atomic E-state index is 14.3. The number of nitrogens with one attached hydrogen (secondary N) is 1. The lowest BCUT2D eigenvalue weighted by Gasteiger charge is -2.64. The Labute approximate surface area is 280 Å². The molecule has 9 heteroatoms. The molecule has 2 N–H and O–H groups in total. The van der Waals surface area contributed by atoms with Gasteiger partial charge in [-0.2, -0.15) is 0 Å². The van der Waals surface area contributed by atoms with Gasteiger partial charge in [-0.05, 0) is 79.5 Å². The Morgan fingerprint density at radius 2 is 1.83 bits per heavy atom. The summed E-state index contributed by atoms with van der Waals surface area (Å²) in [7, 11) is -0.488. The number of nitrogens with zero attached hydrogens (tertiary/aromatic N) is 1. The van der Waals surface area contributed by atoms with Gasteiger partial charge < -0.3 is 24.5 Å². The van der Waals surface area contributed by atoms with Crippen LogP contribution in [0.5, 0.6) is 5.75 Å². The van der Waals surface area contributed by atoms with Gasteiger partial charge in [0.1, 0.15) is 5.75 Å². The predicted octanol–water partition coefficient (Wildman–Crippen LogP) is 5.60. The van der Waals surface area contributed by atoms with Crippen molar-refractivity contribution >= 4 is 18.8 Å². The van der Waals surface area contributed by atoms with E-state index in [1.54, 1.807) is 18.2 Å². The second-order valence-corrected chi connectivity index (χ2v) is 15.7. The summed E-state index contributed by atoms with van der Waals surface area (Å²) in [5.74, 6) is 0.772. The predicted molar refractivity (Wildman–Crippen MR) is 181 cm³/mol.